The largest absolute Gasteiger partial charge is 0.350 e. The van der Waals surface area contributed by atoms with Crippen LogP contribution >= 0.6 is 34.4 Å². The number of benzene rings is 1. The lowest BCUT2D eigenvalue weighted by molar-refractivity contribution is -0.118. The molecule has 0 aliphatic rings. The van der Waals surface area contributed by atoms with Gasteiger partial charge in [0, 0.05) is 21.6 Å². The van der Waals surface area contributed by atoms with E-state index in [1.807, 2.05) is 22.9 Å². The van der Waals surface area contributed by atoms with Crippen LogP contribution in [0.3, 0.4) is 0 Å². The van der Waals surface area contributed by atoms with Gasteiger partial charge in [-0.3, -0.25) is 4.79 Å². The Balaban J connectivity index is 1.43. The minimum absolute atomic E-state index is 0.0300. The van der Waals surface area contributed by atoms with E-state index in [4.69, 9.17) is 0 Å². The van der Waals surface area contributed by atoms with Gasteiger partial charge in [0.1, 0.15) is 10.8 Å². The Kier molecular flexibility index (Phi) is 6.01. The molecule has 3 nitrogen and oxygen atoms in total. The van der Waals surface area contributed by atoms with Crippen molar-refractivity contribution in [1.29, 1.82) is 0 Å². The van der Waals surface area contributed by atoms with E-state index >= 15 is 0 Å². The van der Waals surface area contributed by atoms with E-state index in [-0.39, 0.29) is 11.7 Å². The Morgan fingerprint density at radius 3 is 2.79 bits per heavy atom. The monoisotopic (exact) mass is 378 g/mol. The highest BCUT2D eigenvalue weighted by atomic mass is 32.2. The SMILES string of the molecule is O=C(CSCc1csc(-c2ccc(F)cc2)n1)NCc1cccs1. The van der Waals surface area contributed by atoms with E-state index in [0.29, 0.717) is 18.1 Å². The number of carbonyl (C=O) groups excluding carboxylic acids is 1. The Hall–Kier alpha value is -1.70. The second-order valence-corrected chi connectivity index (χ2v) is 7.88. The molecule has 0 aliphatic carbocycles. The predicted octanol–water partition coefficient (Wildman–Crippen LogP) is 4.56. The van der Waals surface area contributed by atoms with E-state index in [2.05, 4.69) is 10.3 Å². The van der Waals surface area contributed by atoms with Crippen molar-refractivity contribution in [3.8, 4) is 10.6 Å². The summed E-state index contributed by atoms with van der Waals surface area (Å²) in [5.41, 5.74) is 1.85. The molecule has 3 rings (SSSR count). The Morgan fingerprint density at radius 1 is 1.21 bits per heavy atom. The smallest absolute Gasteiger partial charge is 0.230 e. The minimum atomic E-state index is -0.250. The number of halogens is 1. The normalized spacial score (nSPS) is 10.7. The van der Waals surface area contributed by atoms with Gasteiger partial charge in [0.05, 0.1) is 18.0 Å². The molecule has 0 atom stereocenters. The van der Waals surface area contributed by atoms with E-state index in [1.54, 1.807) is 23.5 Å². The van der Waals surface area contributed by atoms with Crippen molar-refractivity contribution >= 4 is 40.3 Å². The zero-order valence-corrected chi connectivity index (χ0v) is 15.1. The second kappa shape index (κ2) is 8.41. The van der Waals surface area contributed by atoms with Crippen LogP contribution in [0.15, 0.2) is 47.2 Å². The molecule has 0 saturated carbocycles. The summed E-state index contributed by atoms with van der Waals surface area (Å²) in [6, 6.07) is 10.3. The molecule has 1 aromatic carbocycles. The summed E-state index contributed by atoms with van der Waals surface area (Å²) in [5, 5.41) is 7.75. The van der Waals surface area contributed by atoms with Crippen molar-refractivity contribution in [2.24, 2.45) is 0 Å². The summed E-state index contributed by atoms with van der Waals surface area (Å²) in [6.45, 7) is 0.586. The molecule has 7 heteroatoms. The quantitative estimate of drug-likeness (QED) is 0.655. The number of amides is 1. The van der Waals surface area contributed by atoms with Crippen LogP contribution in [0.5, 0.6) is 0 Å². The van der Waals surface area contributed by atoms with Crippen LogP contribution in [0.1, 0.15) is 10.6 Å². The maximum Gasteiger partial charge on any atom is 0.230 e. The van der Waals surface area contributed by atoms with Crippen LogP contribution < -0.4 is 5.32 Å². The third-order valence-electron chi connectivity index (χ3n) is 3.17. The molecule has 2 heterocycles. The fourth-order valence-corrected chi connectivity index (χ4v) is 4.32. The van der Waals surface area contributed by atoms with Gasteiger partial charge in [0.15, 0.2) is 0 Å². The highest BCUT2D eigenvalue weighted by Crippen LogP contribution is 2.25. The molecular formula is C17H15FN2OS3. The zero-order chi connectivity index (χ0) is 16.8. The van der Waals surface area contributed by atoms with Crippen LogP contribution in [-0.2, 0) is 17.1 Å². The third kappa shape index (κ3) is 4.90. The highest BCUT2D eigenvalue weighted by molar-refractivity contribution is 7.99. The first-order valence-electron chi connectivity index (χ1n) is 7.28. The molecule has 0 bridgehead atoms. The van der Waals surface area contributed by atoms with E-state index < -0.39 is 0 Å². The van der Waals surface area contributed by atoms with E-state index in [9.17, 15) is 9.18 Å². The van der Waals surface area contributed by atoms with Crippen molar-refractivity contribution in [2.45, 2.75) is 12.3 Å². The number of hydrogen-bond donors (Lipinski definition) is 1. The van der Waals surface area contributed by atoms with Gasteiger partial charge in [-0.05, 0) is 35.7 Å². The van der Waals surface area contributed by atoms with Crippen LogP contribution in [0.4, 0.5) is 4.39 Å². The van der Waals surface area contributed by atoms with Gasteiger partial charge < -0.3 is 5.32 Å². The van der Waals surface area contributed by atoms with E-state index in [0.717, 1.165) is 21.1 Å². The molecule has 2 aromatic heterocycles. The van der Waals surface area contributed by atoms with Gasteiger partial charge in [-0.25, -0.2) is 9.37 Å². The molecule has 1 N–H and O–H groups in total. The first kappa shape index (κ1) is 17.1. The number of nitrogens with zero attached hydrogens (tertiary/aromatic N) is 1. The van der Waals surface area contributed by atoms with Crippen molar-refractivity contribution in [1.82, 2.24) is 10.3 Å². The van der Waals surface area contributed by atoms with Gasteiger partial charge in [-0.2, -0.15) is 0 Å². The van der Waals surface area contributed by atoms with Gasteiger partial charge >= 0.3 is 0 Å². The average molecular weight is 379 g/mol. The first-order chi connectivity index (χ1) is 11.7. The lowest BCUT2D eigenvalue weighted by Gasteiger charge is -2.02. The van der Waals surface area contributed by atoms with Gasteiger partial charge in [0.2, 0.25) is 5.91 Å². The Bertz CT molecular complexity index is 785. The number of hydrogen-bond acceptors (Lipinski definition) is 5. The second-order valence-electron chi connectivity index (χ2n) is 5.00. The van der Waals surface area contributed by atoms with Gasteiger partial charge in [-0.1, -0.05) is 6.07 Å². The summed E-state index contributed by atoms with van der Waals surface area (Å²) in [7, 11) is 0. The molecule has 0 saturated heterocycles. The van der Waals surface area contributed by atoms with E-state index in [1.165, 1.54) is 35.2 Å². The number of thioether (sulfide) groups is 1. The van der Waals surface area contributed by atoms with Crippen molar-refractivity contribution in [3.63, 3.8) is 0 Å². The number of carbonyl (C=O) groups is 1. The molecule has 124 valence electrons. The highest BCUT2D eigenvalue weighted by Gasteiger charge is 2.07. The standard InChI is InChI=1S/C17H15FN2OS3/c18-13-5-3-12(4-6-13)17-20-14(10-24-17)9-22-11-16(21)19-8-15-2-1-7-23-15/h1-7,10H,8-9,11H2,(H,19,21). The lowest BCUT2D eigenvalue weighted by Crippen LogP contribution is -2.24. The fourth-order valence-electron chi connectivity index (χ4n) is 2.00. The van der Waals surface area contributed by atoms with Gasteiger partial charge in [-0.15, -0.1) is 34.4 Å². The molecule has 0 radical (unpaired) electrons. The van der Waals surface area contributed by atoms with Crippen LogP contribution in [0.25, 0.3) is 10.6 Å². The minimum Gasteiger partial charge on any atom is -0.350 e. The summed E-state index contributed by atoms with van der Waals surface area (Å²) in [5.74, 6) is 0.876. The van der Waals surface area contributed by atoms with Crippen LogP contribution in [-0.4, -0.2) is 16.6 Å². The molecule has 24 heavy (non-hydrogen) atoms. The number of rotatable bonds is 7. The number of thiazole rings is 1. The van der Waals surface area contributed by atoms with Crippen molar-refractivity contribution in [3.05, 3.63) is 63.5 Å². The molecule has 0 spiro atoms. The van der Waals surface area contributed by atoms with Crippen LogP contribution in [0.2, 0.25) is 0 Å². The van der Waals surface area contributed by atoms with Crippen molar-refractivity contribution < 1.29 is 9.18 Å². The van der Waals surface area contributed by atoms with Crippen molar-refractivity contribution in [2.75, 3.05) is 5.75 Å². The molecule has 3 aromatic rings. The third-order valence-corrected chi connectivity index (χ3v) is 5.95. The van der Waals surface area contributed by atoms with Crippen LogP contribution in [0, 0.1) is 5.82 Å². The maximum absolute atomic E-state index is 12.9. The molecule has 0 aliphatic heterocycles. The molecule has 1 amide bonds. The summed E-state index contributed by atoms with van der Waals surface area (Å²) in [6.07, 6.45) is 0. The first-order valence-corrected chi connectivity index (χ1v) is 10.2. The Labute approximate surface area is 152 Å². The fraction of sp³-hybridized carbons (Fsp3) is 0.176. The number of thiophene rings is 1. The lowest BCUT2D eigenvalue weighted by atomic mass is 10.2. The van der Waals surface area contributed by atoms with Gasteiger partial charge in [0.25, 0.3) is 0 Å². The summed E-state index contributed by atoms with van der Waals surface area (Å²) in [4.78, 5) is 17.5. The number of nitrogens with one attached hydrogen (secondary N) is 1. The molecule has 0 fully saturated rings. The predicted molar refractivity (Wildman–Crippen MR) is 99.8 cm³/mol. The number of aromatic nitrogens is 1. The molecule has 0 unspecified atom stereocenters. The maximum atomic E-state index is 12.9. The zero-order valence-electron chi connectivity index (χ0n) is 12.7. The average Bonchev–Trinajstić information content (AvgIpc) is 3.25. The Morgan fingerprint density at radius 2 is 2.04 bits per heavy atom. The summed E-state index contributed by atoms with van der Waals surface area (Å²) >= 11 is 4.70. The summed E-state index contributed by atoms with van der Waals surface area (Å²) < 4.78 is 12.9. The topological polar surface area (TPSA) is 42.0 Å². The molecular weight excluding hydrogens is 363 g/mol.